The van der Waals surface area contributed by atoms with Gasteiger partial charge in [0.25, 0.3) is 0 Å². The van der Waals surface area contributed by atoms with Gasteiger partial charge in [0.1, 0.15) is 0 Å². The lowest BCUT2D eigenvalue weighted by atomic mass is 9.81. The van der Waals surface area contributed by atoms with Crippen molar-refractivity contribution in [3.8, 4) is 0 Å². The molecule has 1 nitrogen and oxygen atoms in total. The van der Waals surface area contributed by atoms with Crippen molar-refractivity contribution in [2.75, 3.05) is 5.75 Å². The minimum absolute atomic E-state index is 0.813. The van der Waals surface area contributed by atoms with Gasteiger partial charge in [0, 0.05) is 17.3 Å². The Labute approximate surface area is 124 Å². The van der Waals surface area contributed by atoms with E-state index in [0.29, 0.717) is 0 Å². The Morgan fingerprint density at radius 1 is 1.11 bits per heavy atom. The molecule has 0 radical (unpaired) electrons. The average molecular weight is 284 g/mol. The Morgan fingerprint density at radius 2 is 1.89 bits per heavy atom. The highest BCUT2D eigenvalue weighted by Gasteiger charge is 2.31. The topological polar surface area (TPSA) is 12.0 Å². The molecule has 4 unspecified atom stereocenters. The SMILES string of the molecule is CCSC1CCCC1NC1CCCC(CC(C)C)C1. The lowest BCUT2D eigenvalue weighted by Gasteiger charge is -2.34. The monoisotopic (exact) mass is 283 g/mol. The summed E-state index contributed by atoms with van der Waals surface area (Å²) in [4.78, 5) is 0. The van der Waals surface area contributed by atoms with E-state index in [2.05, 4.69) is 37.8 Å². The van der Waals surface area contributed by atoms with E-state index in [1.807, 2.05) is 0 Å². The molecule has 112 valence electrons. The van der Waals surface area contributed by atoms with Gasteiger partial charge in [0.2, 0.25) is 0 Å². The molecule has 0 aromatic rings. The molecule has 0 aromatic heterocycles. The zero-order valence-corrected chi connectivity index (χ0v) is 14.0. The highest BCUT2D eigenvalue weighted by molar-refractivity contribution is 7.99. The van der Waals surface area contributed by atoms with Crippen molar-refractivity contribution in [2.24, 2.45) is 11.8 Å². The molecule has 19 heavy (non-hydrogen) atoms. The minimum atomic E-state index is 0.813. The molecule has 2 rings (SSSR count). The first kappa shape index (κ1) is 15.7. The second kappa shape index (κ2) is 7.93. The summed E-state index contributed by atoms with van der Waals surface area (Å²) in [5, 5.41) is 4.93. The zero-order chi connectivity index (χ0) is 13.7. The molecule has 0 amide bonds. The quantitative estimate of drug-likeness (QED) is 0.747. The molecule has 0 spiro atoms. The van der Waals surface area contributed by atoms with E-state index in [-0.39, 0.29) is 0 Å². The van der Waals surface area contributed by atoms with Crippen LogP contribution in [0.4, 0.5) is 0 Å². The van der Waals surface area contributed by atoms with Crippen LogP contribution in [0.3, 0.4) is 0 Å². The van der Waals surface area contributed by atoms with Crippen molar-refractivity contribution in [3.63, 3.8) is 0 Å². The van der Waals surface area contributed by atoms with Gasteiger partial charge in [0.15, 0.2) is 0 Å². The Morgan fingerprint density at radius 3 is 2.63 bits per heavy atom. The van der Waals surface area contributed by atoms with Crippen LogP contribution in [-0.4, -0.2) is 23.1 Å². The summed E-state index contributed by atoms with van der Waals surface area (Å²) in [7, 11) is 0. The molecular formula is C17H33NS. The minimum Gasteiger partial charge on any atom is -0.310 e. The molecular weight excluding hydrogens is 250 g/mol. The molecule has 0 heterocycles. The van der Waals surface area contributed by atoms with Crippen LogP contribution in [0.25, 0.3) is 0 Å². The first-order valence-electron chi connectivity index (χ1n) is 8.56. The van der Waals surface area contributed by atoms with Gasteiger partial charge in [-0.3, -0.25) is 0 Å². The van der Waals surface area contributed by atoms with E-state index in [1.54, 1.807) is 0 Å². The van der Waals surface area contributed by atoms with E-state index in [0.717, 1.165) is 29.2 Å². The second-order valence-electron chi connectivity index (χ2n) is 7.06. The molecule has 0 bridgehead atoms. The lowest BCUT2D eigenvalue weighted by molar-refractivity contribution is 0.240. The van der Waals surface area contributed by atoms with Gasteiger partial charge in [-0.15, -0.1) is 0 Å². The van der Waals surface area contributed by atoms with Crippen molar-refractivity contribution in [1.29, 1.82) is 0 Å². The third-order valence-corrected chi connectivity index (χ3v) is 6.20. The third-order valence-electron chi connectivity index (χ3n) is 4.87. The third kappa shape index (κ3) is 4.97. The summed E-state index contributed by atoms with van der Waals surface area (Å²) in [5.74, 6) is 3.15. The largest absolute Gasteiger partial charge is 0.310 e. The van der Waals surface area contributed by atoms with Crippen LogP contribution in [0.5, 0.6) is 0 Å². The van der Waals surface area contributed by atoms with Crippen LogP contribution in [0.1, 0.15) is 72.1 Å². The summed E-state index contributed by atoms with van der Waals surface area (Å²) in [6, 6.07) is 1.63. The Balaban J connectivity index is 1.78. The molecule has 1 N–H and O–H groups in total. The van der Waals surface area contributed by atoms with E-state index in [9.17, 15) is 0 Å². The molecule has 2 heteroatoms. The fraction of sp³-hybridized carbons (Fsp3) is 1.00. The van der Waals surface area contributed by atoms with Crippen LogP contribution >= 0.6 is 11.8 Å². The van der Waals surface area contributed by atoms with Gasteiger partial charge in [-0.1, -0.05) is 40.0 Å². The van der Waals surface area contributed by atoms with Gasteiger partial charge in [-0.2, -0.15) is 11.8 Å². The predicted octanol–water partition coefficient (Wildman–Crippen LogP) is 4.86. The molecule has 4 atom stereocenters. The number of nitrogens with one attached hydrogen (secondary N) is 1. The number of thioether (sulfide) groups is 1. The maximum atomic E-state index is 4.04. The van der Waals surface area contributed by atoms with Crippen LogP contribution in [0, 0.1) is 11.8 Å². The average Bonchev–Trinajstić information content (AvgIpc) is 2.77. The molecule has 0 aromatic carbocycles. The van der Waals surface area contributed by atoms with E-state index in [1.165, 1.54) is 57.1 Å². The molecule has 0 aliphatic heterocycles. The van der Waals surface area contributed by atoms with Crippen LogP contribution in [0.15, 0.2) is 0 Å². The zero-order valence-electron chi connectivity index (χ0n) is 13.2. The number of hydrogen-bond donors (Lipinski definition) is 1. The molecule has 2 aliphatic rings. The highest BCUT2D eigenvalue weighted by atomic mass is 32.2. The molecule has 2 saturated carbocycles. The summed E-state index contributed by atoms with van der Waals surface area (Å²) in [5.41, 5.74) is 0. The summed E-state index contributed by atoms with van der Waals surface area (Å²) in [6.45, 7) is 7.06. The fourth-order valence-electron chi connectivity index (χ4n) is 4.16. The maximum Gasteiger partial charge on any atom is 0.0201 e. The summed E-state index contributed by atoms with van der Waals surface area (Å²) in [6.07, 6.45) is 11.5. The van der Waals surface area contributed by atoms with Gasteiger partial charge < -0.3 is 5.32 Å². The molecule has 2 fully saturated rings. The van der Waals surface area contributed by atoms with Crippen molar-refractivity contribution < 1.29 is 0 Å². The first-order chi connectivity index (χ1) is 9.19. The Hall–Kier alpha value is 0.310. The van der Waals surface area contributed by atoms with E-state index < -0.39 is 0 Å². The Kier molecular flexibility index (Phi) is 6.55. The van der Waals surface area contributed by atoms with E-state index >= 15 is 0 Å². The van der Waals surface area contributed by atoms with E-state index in [4.69, 9.17) is 0 Å². The van der Waals surface area contributed by atoms with Crippen molar-refractivity contribution in [2.45, 2.75) is 89.5 Å². The predicted molar refractivity (Wildman–Crippen MR) is 87.9 cm³/mol. The smallest absolute Gasteiger partial charge is 0.0201 e. The lowest BCUT2D eigenvalue weighted by Crippen LogP contribution is -2.44. The summed E-state index contributed by atoms with van der Waals surface area (Å²) < 4.78 is 0. The van der Waals surface area contributed by atoms with Crippen molar-refractivity contribution in [1.82, 2.24) is 5.32 Å². The van der Waals surface area contributed by atoms with Crippen molar-refractivity contribution in [3.05, 3.63) is 0 Å². The molecule has 2 aliphatic carbocycles. The maximum absolute atomic E-state index is 4.04. The van der Waals surface area contributed by atoms with Crippen LogP contribution in [-0.2, 0) is 0 Å². The fourth-order valence-corrected chi connectivity index (χ4v) is 5.36. The standard InChI is InChI=1S/C17H33NS/c1-4-19-17-10-6-9-16(17)18-15-8-5-7-14(12-15)11-13(2)3/h13-18H,4-12H2,1-3H3. The Bertz CT molecular complexity index is 254. The van der Waals surface area contributed by atoms with Gasteiger partial charge in [0.05, 0.1) is 0 Å². The summed E-state index contributed by atoms with van der Waals surface area (Å²) >= 11 is 2.18. The second-order valence-corrected chi connectivity index (χ2v) is 8.57. The van der Waals surface area contributed by atoms with Gasteiger partial charge >= 0.3 is 0 Å². The number of hydrogen-bond acceptors (Lipinski definition) is 2. The highest BCUT2D eigenvalue weighted by Crippen LogP contribution is 2.33. The molecule has 0 saturated heterocycles. The van der Waals surface area contributed by atoms with Gasteiger partial charge in [-0.25, -0.2) is 0 Å². The van der Waals surface area contributed by atoms with Crippen molar-refractivity contribution >= 4 is 11.8 Å². The van der Waals surface area contributed by atoms with Crippen LogP contribution < -0.4 is 5.32 Å². The normalized spacial score (nSPS) is 36.0. The number of rotatable bonds is 6. The first-order valence-corrected chi connectivity index (χ1v) is 9.61. The van der Waals surface area contributed by atoms with Crippen LogP contribution in [0.2, 0.25) is 0 Å². The van der Waals surface area contributed by atoms with Gasteiger partial charge in [-0.05, 0) is 49.7 Å².